The molecule has 0 radical (unpaired) electrons. The second kappa shape index (κ2) is 5.89. The number of nitrogens with zero attached hydrogens (tertiary/aromatic N) is 4. The zero-order chi connectivity index (χ0) is 14.7. The van der Waals surface area contributed by atoms with Crippen LogP contribution in [0.25, 0.3) is 0 Å². The van der Waals surface area contributed by atoms with E-state index in [2.05, 4.69) is 15.4 Å². The molecule has 0 bridgehead atoms. The van der Waals surface area contributed by atoms with Gasteiger partial charge in [-0.05, 0) is 0 Å². The third kappa shape index (κ3) is 3.25. The Morgan fingerprint density at radius 2 is 2.25 bits per heavy atom. The quantitative estimate of drug-likeness (QED) is 0.773. The van der Waals surface area contributed by atoms with Gasteiger partial charge in [0.05, 0.1) is 5.92 Å². The normalized spacial score (nSPS) is 16.6. The van der Waals surface area contributed by atoms with Gasteiger partial charge < -0.3 is 15.3 Å². The van der Waals surface area contributed by atoms with Gasteiger partial charge in [-0.25, -0.2) is 9.78 Å². The summed E-state index contributed by atoms with van der Waals surface area (Å²) >= 11 is 0. The zero-order valence-corrected chi connectivity index (χ0v) is 11.6. The van der Waals surface area contributed by atoms with Crippen LogP contribution in [0.1, 0.15) is 12.7 Å². The van der Waals surface area contributed by atoms with Gasteiger partial charge in [-0.2, -0.15) is 5.10 Å². The van der Waals surface area contributed by atoms with Gasteiger partial charge in [0.1, 0.15) is 6.33 Å². The van der Waals surface area contributed by atoms with Crippen molar-refractivity contribution >= 4 is 12.0 Å². The summed E-state index contributed by atoms with van der Waals surface area (Å²) in [5, 5.41) is 15.8. The molecule has 8 heteroatoms. The Morgan fingerprint density at radius 3 is 2.80 bits per heavy atom. The second-order valence-corrected chi connectivity index (χ2v) is 5.11. The number of hydrogen-bond acceptors (Lipinski definition) is 4. The lowest BCUT2D eigenvalue weighted by Crippen LogP contribution is -2.56. The van der Waals surface area contributed by atoms with E-state index in [1.165, 1.54) is 0 Å². The molecule has 0 saturated carbocycles. The highest BCUT2D eigenvalue weighted by atomic mass is 16.4. The number of aromatic nitrogens is 3. The molecule has 0 aromatic carbocycles. The summed E-state index contributed by atoms with van der Waals surface area (Å²) in [6.45, 7) is 3.15. The van der Waals surface area contributed by atoms with Crippen molar-refractivity contribution in [1.82, 2.24) is 25.0 Å². The Morgan fingerprint density at radius 1 is 1.55 bits per heavy atom. The standard InChI is InChI=1S/C12H19N5O3/c1-8(11(18)19)9-5-17(6-9)12(20)13-4-3-10-14-7-16(2)15-10/h7-9H,3-6H2,1-2H3,(H,13,20)(H,18,19). The Labute approximate surface area is 116 Å². The Bertz CT molecular complexity index is 495. The van der Waals surface area contributed by atoms with Crippen LogP contribution in [0, 0.1) is 11.8 Å². The molecule has 2 amide bonds. The number of likely N-dealkylation sites (tertiary alicyclic amines) is 1. The number of carboxylic acid groups (broad SMARTS) is 1. The third-order valence-corrected chi connectivity index (χ3v) is 3.57. The molecule has 1 unspecified atom stereocenters. The average molecular weight is 281 g/mol. The van der Waals surface area contributed by atoms with E-state index in [4.69, 9.17) is 5.11 Å². The number of nitrogens with one attached hydrogen (secondary N) is 1. The first kappa shape index (κ1) is 14.3. The fourth-order valence-electron chi connectivity index (χ4n) is 2.09. The number of amides is 2. The van der Waals surface area contributed by atoms with E-state index in [9.17, 15) is 9.59 Å². The highest BCUT2D eigenvalue weighted by Crippen LogP contribution is 2.23. The fourth-order valence-corrected chi connectivity index (χ4v) is 2.09. The monoisotopic (exact) mass is 281 g/mol. The van der Waals surface area contributed by atoms with Crippen molar-refractivity contribution < 1.29 is 14.7 Å². The Kier molecular flexibility index (Phi) is 4.21. The number of hydrogen-bond donors (Lipinski definition) is 2. The maximum Gasteiger partial charge on any atom is 0.317 e. The van der Waals surface area contributed by atoms with E-state index in [1.54, 1.807) is 29.9 Å². The van der Waals surface area contributed by atoms with E-state index in [0.29, 0.717) is 31.9 Å². The maximum absolute atomic E-state index is 11.8. The van der Waals surface area contributed by atoms with Gasteiger partial charge in [-0.15, -0.1) is 0 Å². The number of carbonyl (C=O) groups excluding carboxylic acids is 1. The smallest absolute Gasteiger partial charge is 0.317 e. The van der Waals surface area contributed by atoms with Gasteiger partial charge in [0, 0.05) is 39.0 Å². The van der Waals surface area contributed by atoms with E-state index >= 15 is 0 Å². The first-order valence-corrected chi connectivity index (χ1v) is 6.57. The summed E-state index contributed by atoms with van der Waals surface area (Å²) in [7, 11) is 1.79. The minimum Gasteiger partial charge on any atom is -0.481 e. The molecule has 0 spiro atoms. The van der Waals surface area contributed by atoms with Crippen molar-refractivity contribution in [1.29, 1.82) is 0 Å². The molecule has 1 aromatic rings. The summed E-state index contributed by atoms with van der Waals surface area (Å²) in [6.07, 6.45) is 2.19. The molecule has 1 fully saturated rings. The van der Waals surface area contributed by atoms with Gasteiger partial charge in [-0.1, -0.05) is 6.92 Å². The zero-order valence-electron chi connectivity index (χ0n) is 11.6. The predicted molar refractivity (Wildman–Crippen MR) is 70.0 cm³/mol. The molecule has 2 rings (SSSR count). The van der Waals surface area contributed by atoms with Crippen LogP contribution in [0.2, 0.25) is 0 Å². The first-order valence-electron chi connectivity index (χ1n) is 6.57. The van der Waals surface area contributed by atoms with E-state index in [0.717, 1.165) is 0 Å². The number of rotatable bonds is 5. The lowest BCUT2D eigenvalue weighted by Gasteiger charge is -2.41. The van der Waals surface area contributed by atoms with Crippen LogP contribution in [-0.2, 0) is 18.3 Å². The molecule has 1 saturated heterocycles. The molecule has 1 aromatic heterocycles. The molecule has 1 aliphatic rings. The largest absolute Gasteiger partial charge is 0.481 e. The van der Waals surface area contributed by atoms with Gasteiger partial charge in [-0.3, -0.25) is 9.48 Å². The first-order chi connectivity index (χ1) is 9.47. The number of aliphatic carboxylic acids is 1. The van der Waals surface area contributed by atoms with Crippen molar-refractivity contribution in [3.05, 3.63) is 12.2 Å². The molecule has 0 aliphatic carbocycles. The molecule has 110 valence electrons. The average Bonchev–Trinajstić information content (AvgIpc) is 2.73. The van der Waals surface area contributed by atoms with E-state index < -0.39 is 11.9 Å². The summed E-state index contributed by atoms with van der Waals surface area (Å²) in [4.78, 5) is 28.3. The molecule has 2 N–H and O–H groups in total. The highest BCUT2D eigenvalue weighted by molar-refractivity contribution is 5.76. The van der Waals surface area contributed by atoms with Crippen LogP contribution in [0.5, 0.6) is 0 Å². The molecular formula is C12H19N5O3. The van der Waals surface area contributed by atoms with Crippen molar-refractivity contribution in [3.8, 4) is 0 Å². The van der Waals surface area contributed by atoms with Gasteiger partial charge >= 0.3 is 12.0 Å². The van der Waals surface area contributed by atoms with Crippen LogP contribution in [-0.4, -0.2) is 56.4 Å². The third-order valence-electron chi connectivity index (χ3n) is 3.57. The number of carbonyl (C=O) groups is 2. The molecule has 1 aliphatic heterocycles. The number of urea groups is 1. The topological polar surface area (TPSA) is 100 Å². The van der Waals surface area contributed by atoms with Crippen molar-refractivity contribution in [2.75, 3.05) is 19.6 Å². The lowest BCUT2D eigenvalue weighted by molar-refractivity contribution is -0.144. The summed E-state index contributed by atoms with van der Waals surface area (Å²) in [5.41, 5.74) is 0. The Hall–Kier alpha value is -2.12. The minimum atomic E-state index is -0.809. The highest BCUT2D eigenvalue weighted by Gasteiger charge is 2.36. The molecule has 1 atom stereocenters. The van der Waals surface area contributed by atoms with Crippen LogP contribution in [0.3, 0.4) is 0 Å². The number of aryl methyl sites for hydroxylation is 1. The summed E-state index contributed by atoms with van der Waals surface area (Å²) < 4.78 is 1.62. The Balaban J connectivity index is 1.66. The minimum absolute atomic E-state index is 0.0516. The molecule has 20 heavy (non-hydrogen) atoms. The lowest BCUT2D eigenvalue weighted by atomic mass is 9.87. The maximum atomic E-state index is 11.8. The molecule has 2 heterocycles. The molecule has 8 nitrogen and oxygen atoms in total. The van der Waals surface area contributed by atoms with Crippen LogP contribution in [0.15, 0.2) is 6.33 Å². The molecular weight excluding hydrogens is 262 g/mol. The van der Waals surface area contributed by atoms with Gasteiger partial charge in [0.25, 0.3) is 0 Å². The van der Waals surface area contributed by atoms with Crippen molar-refractivity contribution in [2.45, 2.75) is 13.3 Å². The second-order valence-electron chi connectivity index (χ2n) is 5.11. The van der Waals surface area contributed by atoms with Crippen molar-refractivity contribution in [2.24, 2.45) is 18.9 Å². The summed E-state index contributed by atoms with van der Waals surface area (Å²) in [6, 6.07) is -0.158. The summed E-state index contributed by atoms with van der Waals surface area (Å²) in [5.74, 6) is -0.474. The fraction of sp³-hybridized carbons (Fsp3) is 0.667. The predicted octanol–water partition coefficient (Wildman–Crippen LogP) is -0.280. The number of carboxylic acids is 1. The van der Waals surface area contributed by atoms with Gasteiger partial charge in [0.2, 0.25) is 0 Å². The van der Waals surface area contributed by atoms with Crippen LogP contribution in [0.4, 0.5) is 4.79 Å². The van der Waals surface area contributed by atoms with E-state index in [-0.39, 0.29) is 11.9 Å². The van der Waals surface area contributed by atoms with Crippen LogP contribution >= 0.6 is 0 Å². The van der Waals surface area contributed by atoms with E-state index in [1.807, 2.05) is 0 Å². The van der Waals surface area contributed by atoms with Crippen LogP contribution < -0.4 is 5.32 Å². The SMILES string of the molecule is CC(C(=O)O)C1CN(C(=O)NCCc2ncn(C)n2)C1. The van der Waals surface area contributed by atoms with Gasteiger partial charge in [0.15, 0.2) is 5.82 Å². The van der Waals surface area contributed by atoms with Crippen molar-refractivity contribution in [3.63, 3.8) is 0 Å².